The molecule has 0 bridgehead atoms. The van der Waals surface area contributed by atoms with Crippen molar-refractivity contribution in [2.24, 2.45) is 0 Å². The maximum atomic E-state index is 11.7. The molecule has 2 rings (SSSR count). The summed E-state index contributed by atoms with van der Waals surface area (Å²) in [5.41, 5.74) is 1.70. The normalized spacial score (nSPS) is 13.9. The van der Waals surface area contributed by atoms with Gasteiger partial charge in [0.2, 0.25) is 0 Å². The largest absolute Gasteiger partial charge is 0.496 e. The van der Waals surface area contributed by atoms with Crippen LogP contribution in [0.2, 0.25) is 0 Å². The second-order valence-electron chi connectivity index (χ2n) is 3.37. The SMILES string of the molecule is COc1cc(OC)c2c(c1Br)CCC2=O. The van der Waals surface area contributed by atoms with E-state index in [-0.39, 0.29) is 5.78 Å². The first-order valence-electron chi connectivity index (χ1n) is 4.65. The molecule has 0 fully saturated rings. The van der Waals surface area contributed by atoms with Crippen molar-refractivity contribution >= 4 is 21.7 Å². The minimum atomic E-state index is 0.144. The second kappa shape index (κ2) is 3.85. The van der Waals surface area contributed by atoms with E-state index in [1.54, 1.807) is 20.3 Å². The van der Waals surface area contributed by atoms with Crippen LogP contribution in [0, 0.1) is 0 Å². The number of hydrogen-bond acceptors (Lipinski definition) is 3. The Morgan fingerprint density at radius 3 is 2.47 bits per heavy atom. The molecule has 15 heavy (non-hydrogen) atoms. The van der Waals surface area contributed by atoms with Gasteiger partial charge in [-0.3, -0.25) is 4.79 Å². The van der Waals surface area contributed by atoms with E-state index in [2.05, 4.69) is 15.9 Å². The molecule has 0 heterocycles. The van der Waals surface area contributed by atoms with Crippen LogP contribution in [-0.4, -0.2) is 20.0 Å². The first kappa shape index (κ1) is 10.5. The topological polar surface area (TPSA) is 35.5 Å². The van der Waals surface area contributed by atoms with Gasteiger partial charge in [0.15, 0.2) is 5.78 Å². The molecule has 0 saturated carbocycles. The minimum absolute atomic E-state index is 0.144. The fourth-order valence-electron chi connectivity index (χ4n) is 1.88. The van der Waals surface area contributed by atoms with Crippen molar-refractivity contribution in [3.05, 3.63) is 21.7 Å². The third-order valence-corrected chi connectivity index (χ3v) is 3.48. The summed E-state index contributed by atoms with van der Waals surface area (Å²) < 4.78 is 11.3. The van der Waals surface area contributed by atoms with Gasteiger partial charge < -0.3 is 9.47 Å². The van der Waals surface area contributed by atoms with E-state index in [1.165, 1.54) is 0 Å². The van der Waals surface area contributed by atoms with Crippen LogP contribution in [0.3, 0.4) is 0 Å². The van der Waals surface area contributed by atoms with Crippen LogP contribution in [0.1, 0.15) is 22.3 Å². The molecule has 0 amide bonds. The van der Waals surface area contributed by atoms with Crippen LogP contribution in [0.15, 0.2) is 10.5 Å². The van der Waals surface area contributed by atoms with Crippen LogP contribution in [-0.2, 0) is 6.42 Å². The molecule has 0 aliphatic heterocycles. The van der Waals surface area contributed by atoms with Gasteiger partial charge in [-0.05, 0) is 27.9 Å². The van der Waals surface area contributed by atoms with Crippen LogP contribution in [0.4, 0.5) is 0 Å². The van der Waals surface area contributed by atoms with E-state index >= 15 is 0 Å². The van der Waals surface area contributed by atoms with E-state index in [1.807, 2.05) is 0 Å². The van der Waals surface area contributed by atoms with Gasteiger partial charge in [-0.1, -0.05) is 0 Å². The van der Waals surface area contributed by atoms with Crippen molar-refractivity contribution in [1.82, 2.24) is 0 Å². The summed E-state index contributed by atoms with van der Waals surface area (Å²) in [6, 6.07) is 1.74. The summed E-state index contributed by atoms with van der Waals surface area (Å²) >= 11 is 3.45. The predicted octanol–water partition coefficient (Wildman–Crippen LogP) is 2.60. The molecular formula is C11H11BrO3. The first-order valence-corrected chi connectivity index (χ1v) is 5.45. The lowest BCUT2D eigenvalue weighted by Crippen LogP contribution is -1.99. The van der Waals surface area contributed by atoms with Crippen LogP contribution < -0.4 is 9.47 Å². The summed E-state index contributed by atoms with van der Waals surface area (Å²) in [6.07, 6.45) is 1.31. The Morgan fingerprint density at radius 1 is 1.20 bits per heavy atom. The smallest absolute Gasteiger partial charge is 0.167 e. The van der Waals surface area contributed by atoms with Crippen molar-refractivity contribution in [3.8, 4) is 11.5 Å². The lowest BCUT2D eigenvalue weighted by Gasteiger charge is -2.11. The molecule has 0 radical (unpaired) electrons. The Labute approximate surface area is 96.5 Å². The van der Waals surface area contributed by atoms with Gasteiger partial charge in [0.05, 0.1) is 24.3 Å². The molecule has 1 aliphatic carbocycles. The fourth-order valence-corrected chi connectivity index (χ4v) is 2.55. The van der Waals surface area contributed by atoms with E-state index in [0.29, 0.717) is 23.5 Å². The number of Topliss-reactive ketones (excluding diaryl/α,β-unsaturated/α-hetero) is 1. The number of ether oxygens (including phenoxy) is 2. The quantitative estimate of drug-likeness (QED) is 0.829. The van der Waals surface area contributed by atoms with Gasteiger partial charge in [0.25, 0.3) is 0 Å². The number of methoxy groups -OCH3 is 2. The molecule has 1 aliphatic rings. The summed E-state index contributed by atoms with van der Waals surface area (Å²) in [4.78, 5) is 11.7. The molecule has 0 aromatic heterocycles. The molecule has 0 spiro atoms. The van der Waals surface area contributed by atoms with E-state index < -0.39 is 0 Å². The van der Waals surface area contributed by atoms with Crippen LogP contribution >= 0.6 is 15.9 Å². The highest BCUT2D eigenvalue weighted by Gasteiger charge is 2.28. The first-order chi connectivity index (χ1) is 7.19. The number of carbonyl (C=O) groups excluding carboxylic acids is 1. The molecule has 4 heteroatoms. The molecule has 0 atom stereocenters. The number of ketones is 1. The standard InChI is InChI=1S/C11H11BrO3/c1-14-8-5-9(15-2)11(12)6-3-4-7(13)10(6)8/h5H,3-4H2,1-2H3. The lowest BCUT2D eigenvalue weighted by molar-refractivity contribution is 0.0992. The zero-order valence-corrected chi connectivity index (χ0v) is 10.2. The molecule has 0 saturated heterocycles. The molecule has 0 unspecified atom stereocenters. The third kappa shape index (κ3) is 1.53. The Morgan fingerprint density at radius 2 is 1.87 bits per heavy atom. The monoisotopic (exact) mass is 270 g/mol. The van der Waals surface area contributed by atoms with Gasteiger partial charge in [-0.15, -0.1) is 0 Å². The number of halogens is 1. The van der Waals surface area contributed by atoms with Crippen molar-refractivity contribution < 1.29 is 14.3 Å². The Bertz CT molecular complexity index is 426. The molecule has 80 valence electrons. The van der Waals surface area contributed by atoms with Crippen LogP contribution in [0.5, 0.6) is 11.5 Å². The van der Waals surface area contributed by atoms with E-state index in [0.717, 1.165) is 16.5 Å². The number of fused-ring (bicyclic) bond motifs is 1. The number of rotatable bonds is 2. The summed E-state index contributed by atoms with van der Waals surface area (Å²) in [6.45, 7) is 0. The molecular weight excluding hydrogens is 260 g/mol. The summed E-state index contributed by atoms with van der Waals surface area (Å²) in [7, 11) is 3.16. The highest BCUT2D eigenvalue weighted by Crippen LogP contribution is 2.41. The Balaban J connectivity index is 2.69. The van der Waals surface area contributed by atoms with Gasteiger partial charge >= 0.3 is 0 Å². The Hall–Kier alpha value is -1.03. The summed E-state index contributed by atoms with van der Waals surface area (Å²) in [5.74, 6) is 1.46. The van der Waals surface area contributed by atoms with Crippen molar-refractivity contribution in [2.45, 2.75) is 12.8 Å². The van der Waals surface area contributed by atoms with E-state index in [4.69, 9.17) is 9.47 Å². The minimum Gasteiger partial charge on any atom is -0.496 e. The zero-order valence-electron chi connectivity index (χ0n) is 8.59. The highest BCUT2D eigenvalue weighted by molar-refractivity contribution is 9.10. The van der Waals surface area contributed by atoms with Crippen LogP contribution in [0.25, 0.3) is 0 Å². The maximum Gasteiger partial charge on any atom is 0.167 e. The third-order valence-electron chi connectivity index (χ3n) is 2.61. The van der Waals surface area contributed by atoms with Crippen molar-refractivity contribution in [1.29, 1.82) is 0 Å². The van der Waals surface area contributed by atoms with Gasteiger partial charge in [-0.25, -0.2) is 0 Å². The van der Waals surface area contributed by atoms with Crippen molar-refractivity contribution in [3.63, 3.8) is 0 Å². The molecule has 3 nitrogen and oxygen atoms in total. The maximum absolute atomic E-state index is 11.7. The van der Waals surface area contributed by atoms with Gasteiger partial charge in [0.1, 0.15) is 11.5 Å². The second-order valence-corrected chi connectivity index (χ2v) is 4.16. The van der Waals surface area contributed by atoms with Gasteiger partial charge in [-0.2, -0.15) is 0 Å². The number of benzene rings is 1. The van der Waals surface area contributed by atoms with Crippen molar-refractivity contribution in [2.75, 3.05) is 14.2 Å². The number of hydrogen-bond donors (Lipinski definition) is 0. The summed E-state index contributed by atoms with van der Waals surface area (Å²) in [5, 5.41) is 0. The molecule has 1 aromatic rings. The highest BCUT2D eigenvalue weighted by atomic mass is 79.9. The van der Waals surface area contributed by atoms with Gasteiger partial charge in [0, 0.05) is 12.5 Å². The molecule has 1 aromatic carbocycles. The fraction of sp³-hybridized carbons (Fsp3) is 0.364. The Kier molecular flexibility index (Phi) is 2.69. The zero-order chi connectivity index (χ0) is 11.0. The lowest BCUT2D eigenvalue weighted by atomic mass is 10.1. The predicted molar refractivity (Wildman–Crippen MR) is 59.9 cm³/mol. The average molecular weight is 271 g/mol. The average Bonchev–Trinajstić information content (AvgIpc) is 2.63. The van der Waals surface area contributed by atoms with E-state index in [9.17, 15) is 4.79 Å². The molecule has 0 N–H and O–H groups in total. The number of carbonyl (C=O) groups is 1.